The van der Waals surface area contributed by atoms with E-state index in [0.29, 0.717) is 37.0 Å². The van der Waals surface area contributed by atoms with Crippen molar-refractivity contribution in [2.45, 2.75) is 19.9 Å². The summed E-state index contributed by atoms with van der Waals surface area (Å²) < 4.78 is 30.2. The highest BCUT2D eigenvalue weighted by molar-refractivity contribution is 7.88. The number of aromatic nitrogens is 2. The standard InChI is InChI=1S/C16H20N4O4S/c1-11-10-19(8-9-20(11)25(3,22)23)16(21)14-6-4-13(5-7-14)15-18-17-12(2)24-15/h4-7,11H,8-10H2,1-3H3/t11-/m0/s1. The van der Waals surface area contributed by atoms with Gasteiger partial charge in [-0.05, 0) is 31.2 Å². The summed E-state index contributed by atoms with van der Waals surface area (Å²) >= 11 is 0. The zero-order chi connectivity index (χ0) is 18.2. The highest BCUT2D eigenvalue weighted by atomic mass is 32.2. The lowest BCUT2D eigenvalue weighted by Crippen LogP contribution is -2.55. The van der Waals surface area contributed by atoms with Crippen LogP contribution in [-0.2, 0) is 10.0 Å². The summed E-state index contributed by atoms with van der Waals surface area (Å²) in [5.74, 6) is 0.771. The monoisotopic (exact) mass is 364 g/mol. The molecular weight excluding hydrogens is 344 g/mol. The first-order valence-corrected chi connectivity index (χ1v) is 9.77. The molecule has 0 aliphatic carbocycles. The normalized spacial score (nSPS) is 19.2. The molecule has 1 aliphatic rings. The molecule has 0 saturated carbocycles. The van der Waals surface area contributed by atoms with Crippen LogP contribution >= 0.6 is 0 Å². The lowest BCUT2D eigenvalue weighted by molar-refractivity contribution is 0.0643. The minimum atomic E-state index is -3.25. The van der Waals surface area contributed by atoms with Crippen molar-refractivity contribution in [2.24, 2.45) is 0 Å². The number of carbonyl (C=O) groups excluding carboxylic acids is 1. The number of nitrogens with zero attached hydrogens (tertiary/aromatic N) is 4. The molecule has 2 heterocycles. The van der Waals surface area contributed by atoms with Crippen LogP contribution in [0.15, 0.2) is 28.7 Å². The fourth-order valence-electron chi connectivity index (χ4n) is 2.97. The van der Waals surface area contributed by atoms with Gasteiger partial charge in [-0.3, -0.25) is 4.79 Å². The molecule has 134 valence electrons. The Morgan fingerprint density at radius 1 is 1.20 bits per heavy atom. The minimum absolute atomic E-state index is 0.117. The van der Waals surface area contributed by atoms with Gasteiger partial charge in [0.2, 0.25) is 21.8 Å². The summed E-state index contributed by atoms with van der Waals surface area (Å²) in [6.07, 6.45) is 1.19. The van der Waals surface area contributed by atoms with E-state index in [-0.39, 0.29) is 11.9 Å². The van der Waals surface area contributed by atoms with Gasteiger partial charge in [-0.15, -0.1) is 10.2 Å². The molecule has 3 rings (SSSR count). The molecular formula is C16H20N4O4S. The van der Waals surface area contributed by atoms with Gasteiger partial charge in [0.15, 0.2) is 0 Å². The average Bonchev–Trinajstić information content (AvgIpc) is 2.99. The number of piperazine rings is 1. The van der Waals surface area contributed by atoms with E-state index in [2.05, 4.69) is 10.2 Å². The molecule has 0 bridgehead atoms. The maximum Gasteiger partial charge on any atom is 0.253 e. The van der Waals surface area contributed by atoms with Crippen molar-refractivity contribution in [3.05, 3.63) is 35.7 Å². The van der Waals surface area contributed by atoms with Crippen molar-refractivity contribution >= 4 is 15.9 Å². The third kappa shape index (κ3) is 3.72. The van der Waals surface area contributed by atoms with E-state index >= 15 is 0 Å². The number of hydrogen-bond acceptors (Lipinski definition) is 6. The summed E-state index contributed by atoms with van der Waals surface area (Å²) in [4.78, 5) is 14.3. The maximum absolute atomic E-state index is 12.7. The highest BCUT2D eigenvalue weighted by Gasteiger charge is 2.32. The van der Waals surface area contributed by atoms with Crippen molar-refractivity contribution in [2.75, 3.05) is 25.9 Å². The van der Waals surface area contributed by atoms with E-state index in [1.54, 1.807) is 36.1 Å². The Kier molecular flexibility index (Phi) is 4.61. The van der Waals surface area contributed by atoms with Gasteiger partial charge in [0.25, 0.3) is 5.91 Å². The van der Waals surface area contributed by atoms with Crippen LogP contribution in [-0.4, -0.2) is 65.7 Å². The van der Waals surface area contributed by atoms with Crippen LogP contribution in [0.3, 0.4) is 0 Å². The van der Waals surface area contributed by atoms with Gasteiger partial charge < -0.3 is 9.32 Å². The van der Waals surface area contributed by atoms with Crippen molar-refractivity contribution in [3.8, 4) is 11.5 Å². The van der Waals surface area contributed by atoms with Gasteiger partial charge in [0.1, 0.15) is 0 Å². The first-order chi connectivity index (χ1) is 11.8. The lowest BCUT2D eigenvalue weighted by atomic mass is 10.1. The molecule has 2 aromatic rings. The van der Waals surface area contributed by atoms with Crippen LogP contribution in [0, 0.1) is 6.92 Å². The van der Waals surface area contributed by atoms with E-state index in [0.717, 1.165) is 5.56 Å². The Bertz CT molecular complexity index is 876. The lowest BCUT2D eigenvalue weighted by Gasteiger charge is -2.38. The Hall–Kier alpha value is -2.26. The second-order valence-electron chi connectivity index (χ2n) is 6.18. The molecule has 1 saturated heterocycles. The molecule has 1 atom stereocenters. The molecule has 1 aromatic heterocycles. The first-order valence-electron chi connectivity index (χ1n) is 7.92. The Balaban J connectivity index is 1.71. The Labute approximate surface area is 146 Å². The number of hydrogen-bond donors (Lipinski definition) is 0. The molecule has 1 amide bonds. The molecule has 1 aliphatic heterocycles. The van der Waals surface area contributed by atoms with Gasteiger partial charge >= 0.3 is 0 Å². The van der Waals surface area contributed by atoms with E-state index in [1.807, 2.05) is 6.92 Å². The Morgan fingerprint density at radius 3 is 2.40 bits per heavy atom. The van der Waals surface area contributed by atoms with Gasteiger partial charge in [0, 0.05) is 43.7 Å². The van der Waals surface area contributed by atoms with Crippen LogP contribution in [0.25, 0.3) is 11.5 Å². The fraction of sp³-hybridized carbons (Fsp3) is 0.438. The zero-order valence-corrected chi connectivity index (χ0v) is 15.2. The largest absolute Gasteiger partial charge is 0.421 e. The number of carbonyl (C=O) groups is 1. The van der Waals surface area contributed by atoms with Gasteiger partial charge in [-0.1, -0.05) is 0 Å². The third-order valence-electron chi connectivity index (χ3n) is 4.18. The molecule has 8 nitrogen and oxygen atoms in total. The number of sulfonamides is 1. The van der Waals surface area contributed by atoms with Crippen LogP contribution in [0.1, 0.15) is 23.2 Å². The van der Waals surface area contributed by atoms with Crippen LogP contribution in [0.2, 0.25) is 0 Å². The van der Waals surface area contributed by atoms with Crippen LogP contribution in [0.5, 0.6) is 0 Å². The summed E-state index contributed by atoms with van der Waals surface area (Å²) in [5, 5.41) is 7.73. The first kappa shape index (κ1) is 17.6. The molecule has 1 fully saturated rings. The van der Waals surface area contributed by atoms with Crippen molar-refractivity contribution in [3.63, 3.8) is 0 Å². The van der Waals surface area contributed by atoms with Crippen molar-refractivity contribution in [1.29, 1.82) is 0 Å². The number of aryl methyl sites for hydroxylation is 1. The second-order valence-corrected chi connectivity index (χ2v) is 8.11. The quantitative estimate of drug-likeness (QED) is 0.810. The maximum atomic E-state index is 12.7. The molecule has 0 unspecified atom stereocenters. The number of benzene rings is 1. The molecule has 1 aromatic carbocycles. The van der Waals surface area contributed by atoms with Crippen LogP contribution < -0.4 is 0 Å². The topological polar surface area (TPSA) is 96.6 Å². The van der Waals surface area contributed by atoms with E-state index in [9.17, 15) is 13.2 Å². The highest BCUT2D eigenvalue weighted by Crippen LogP contribution is 2.20. The summed E-state index contributed by atoms with van der Waals surface area (Å²) in [6.45, 7) is 4.58. The van der Waals surface area contributed by atoms with E-state index in [4.69, 9.17) is 4.42 Å². The van der Waals surface area contributed by atoms with E-state index < -0.39 is 10.0 Å². The van der Waals surface area contributed by atoms with Crippen molar-refractivity contribution in [1.82, 2.24) is 19.4 Å². The minimum Gasteiger partial charge on any atom is -0.421 e. The zero-order valence-electron chi connectivity index (χ0n) is 14.3. The predicted molar refractivity (Wildman–Crippen MR) is 91.4 cm³/mol. The second kappa shape index (κ2) is 6.57. The fourth-order valence-corrected chi connectivity index (χ4v) is 4.10. The summed E-state index contributed by atoms with van der Waals surface area (Å²) in [5.41, 5.74) is 1.28. The van der Waals surface area contributed by atoms with Crippen molar-refractivity contribution < 1.29 is 17.6 Å². The van der Waals surface area contributed by atoms with Gasteiger partial charge in [-0.25, -0.2) is 8.42 Å². The SMILES string of the molecule is Cc1nnc(-c2ccc(C(=O)N3CCN(S(C)(=O)=O)[C@@H](C)C3)cc2)o1. The molecule has 0 spiro atoms. The van der Waals surface area contributed by atoms with Gasteiger partial charge in [0.05, 0.1) is 6.26 Å². The van der Waals surface area contributed by atoms with Crippen LogP contribution in [0.4, 0.5) is 0 Å². The number of amides is 1. The average molecular weight is 364 g/mol. The van der Waals surface area contributed by atoms with Gasteiger partial charge in [-0.2, -0.15) is 4.31 Å². The Morgan fingerprint density at radius 2 is 1.88 bits per heavy atom. The summed E-state index contributed by atoms with van der Waals surface area (Å²) in [6, 6.07) is 6.70. The molecule has 0 N–H and O–H groups in total. The summed E-state index contributed by atoms with van der Waals surface area (Å²) in [7, 11) is -3.25. The molecule has 25 heavy (non-hydrogen) atoms. The predicted octanol–water partition coefficient (Wildman–Crippen LogP) is 1.15. The smallest absolute Gasteiger partial charge is 0.253 e. The van der Waals surface area contributed by atoms with E-state index in [1.165, 1.54) is 10.6 Å². The third-order valence-corrected chi connectivity index (χ3v) is 5.58. The number of rotatable bonds is 3. The molecule has 0 radical (unpaired) electrons. The molecule has 9 heteroatoms.